The summed E-state index contributed by atoms with van der Waals surface area (Å²) in [7, 11) is 2.02. The molecule has 14 heavy (non-hydrogen) atoms. The van der Waals surface area contributed by atoms with Crippen LogP contribution in [-0.4, -0.2) is 22.6 Å². The Hall–Kier alpha value is -0.830. The van der Waals surface area contributed by atoms with Crippen LogP contribution in [0.1, 0.15) is 26.6 Å². The predicted molar refractivity (Wildman–Crippen MR) is 59.3 cm³/mol. The number of likely N-dealkylation sites (N-methyl/N-ethyl adjacent to an activating group) is 1. The first-order chi connectivity index (χ1) is 6.69. The van der Waals surface area contributed by atoms with E-state index in [-0.39, 0.29) is 0 Å². The van der Waals surface area contributed by atoms with Crippen molar-refractivity contribution in [2.75, 3.05) is 7.05 Å². The van der Waals surface area contributed by atoms with E-state index in [9.17, 15) is 0 Å². The molecule has 0 aliphatic carbocycles. The molecule has 1 aromatic rings. The minimum Gasteiger partial charge on any atom is -0.335 e. The van der Waals surface area contributed by atoms with Crippen molar-refractivity contribution >= 4 is 0 Å². The van der Waals surface area contributed by atoms with Crippen LogP contribution in [0.25, 0.3) is 0 Å². The van der Waals surface area contributed by atoms with Crippen LogP contribution in [0, 0.1) is 5.92 Å². The molecule has 1 aromatic heterocycles. The van der Waals surface area contributed by atoms with Crippen LogP contribution in [0.5, 0.6) is 0 Å². The Bertz CT molecular complexity index is 265. The lowest BCUT2D eigenvalue weighted by Crippen LogP contribution is -2.33. The summed E-state index contributed by atoms with van der Waals surface area (Å²) in [6.45, 7) is 7.62. The maximum Gasteiger partial charge on any atom is 0.110 e. The van der Waals surface area contributed by atoms with Gasteiger partial charge in [0.2, 0.25) is 0 Å². The number of rotatable bonds is 5. The van der Waals surface area contributed by atoms with Crippen molar-refractivity contribution in [3.05, 3.63) is 18.2 Å². The molecule has 1 atom stereocenters. The second-order valence-corrected chi connectivity index (χ2v) is 3.97. The first-order valence-electron chi connectivity index (χ1n) is 5.36. The normalized spacial score (nSPS) is 13.5. The summed E-state index contributed by atoms with van der Waals surface area (Å²) in [6.07, 6.45) is 4.93. The van der Waals surface area contributed by atoms with Crippen molar-refractivity contribution in [3.8, 4) is 0 Å². The van der Waals surface area contributed by atoms with Crippen molar-refractivity contribution in [3.63, 3.8) is 0 Å². The van der Waals surface area contributed by atoms with E-state index >= 15 is 0 Å². The standard InChI is InChI=1S/C11H21N3/c1-5-14-7-6-13-11(14)8-10(12-4)9(2)3/h6-7,9-10,12H,5,8H2,1-4H3. The third kappa shape index (κ3) is 2.58. The number of imidazole rings is 1. The monoisotopic (exact) mass is 195 g/mol. The highest BCUT2D eigenvalue weighted by Crippen LogP contribution is 2.08. The van der Waals surface area contributed by atoms with Crippen LogP contribution < -0.4 is 5.32 Å². The lowest BCUT2D eigenvalue weighted by Gasteiger charge is -2.20. The molecular formula is C11H21N3. The van der Waals surface area contributed by atoms with E-state index in [1.165, 1.54) is 5.82 Å². The van der Waals surface area contributed by atoms with E-state index in [0.717, 1.165) is 13.0 Å². The molecule has 1 unspecified atom stereocenters. The SMILES string of the molecule is CCn1ccnc1CC(NC)C(C)C. The van der Waals surface area contributed by atoms with E-state index in [1.807, 2.05) is 19.4 Å². The number of nitrogens with zero attached hydrogens (tertiary/aromatic N) is 2. The molecule has 1 rings (SSSR count). The summed E-state index contributed by atoms with van der Waals surface area (Å²) in [5.41, 5.74) is 0. The summed E-state index contributed by atoms with van der Waals surface area (Å²) in [6, 6.07) is 0.516. The second-order valence-electron chi connectivity index (χ2n) is 3.97. The summed E-state index contributed by atoms with van der Waals surface area (Å²) >= 11 is 0. The first kappa shape index (κ1) is 11.2. The van der Waals surface area contributed by atoms with Gasteiger partial charge in [-0.05, 0) is 19.9 Å². The number of aryl methyl sites for hydroxylation is 1. The van der Waals surface area contributed by atoms with Crippen LogP contribution in [0.15, 0.2) is 12.4 Å². The average molecular weight is 195 g/mol. The summed E-state index contributed by atoms with van der Waals surface area (Å²) in [5.74, 6) is 1.82. The zero-order valence-corrected chi connectivity index (χ0v) is 9.62. The third-order valence-corrected chi connectivity index (χ3v) is 2.72. The molecule has 80 valence electrons. The average Bonchev–Trinajstić information content (AvgIpc) is 2.60. The molecule has 0 spiro atoms. The minimum absolute atomic E-state index is 0.516. The van der Waals surface area contributed by atoms with Gasteiger partial charge in [0.25, 0.3) is 0 Å². The molecule has 0 fully saturated rings. The van der Waals surface area contributed by atoms with Crippen molar-refractivity contribution in [2.45, 2.75) is 39.8 Å². The second kappa shape index (κ2) is 5.15. The van der Waals surface area contributed by atoms with Gasteiger partial charge in [-0.25, -0.2) is 4.98 Å². The molecule has 0 aliphatic heterocycles. The number of nitrogens with one attached hydrogen (secondary N) is 1. The predicted octanol–water partition coefficient (Wildman–Crippen LogP) is 1.69. The van der Waals surface area contributed by atoms with Crippen molar-refractivity contribution in [1.29, 1.82) is 0 Å². The van der Waals surface area contributed by atoms with Crippen molar-refractivity contribution in [1.82, 2.24) is 14.9 Å². The van der Waals surface area contributed by atoms with Gasteiger partial charge >= 0.3 is 0 Å². The first-order valence-corrected chi connectivity index (χ1v) is 5.36. The lowest BCUT2D eigenvalue weighted by atomic mass is 10.0. The molecule has 0 saturated carbocycles. The zero-order chi connectivity index (χ0) is 10.6. The van der Waals surface area contributed by atoms with E-state index in [4.69, 9.17) is 0 Å². The van der Waals surface area contributed by atoms with E-state index in [0.29, 0.717) is 12.0 Å². The number of hydrogen-bond acceptors (Lipinski definition) is 2. The van der Waals surface area contributed by atoms with E-state index < -0.39 is 0 Å². The Morgan fingerprint density at radius 3 is 2.71 bits per heavy atom. The van der Waals surface area contributed by atoms with Crippen LogP contribution in [0.2, 0.25) is 0 Å². The van der Waals surface area contributed by atoms with E-state index in [2.05, 4.69) is 35.6 Å². The quantitative estimate of drug-likeness (QED) is 0.775. The lowest BCUT2D eigenvalue weighted by molar-refractivity contribution is 0.412. The van der Waals surface area contributed by atoms with Crippen LogP contribution in [-0.2, 0) is 13.0 Å². The van der Waals surface area contributed by atoms with Crippen LogP contribution >= 0.6 is 0 Å². The minimum atomic E-state index is 0.516. The van der Waals surface area contributed by atoms with Crippen molar-refractivity contribution < 1.29 is 0 Å². The highest BCUT2D eigenvalue weighted by Gasteiger charge is 2.14. The van der Waals surface area contributed by atoms with Gasteiger partial charge in [0.15, 0.2) is 0 Å². The van der Waals surface area contributed by atoms with Gasteiger partial charge in [0.1, 0.15) is 5.82 Å². The molecule has 1 N–H and O–H groups in total. The molecule has 0 amide bonds. The molecule has 0 radical (unpaired) electrons. The van der Waals surface area contributed by atoms with Crippen LogP contribution in [0.3, 0.4) is 0 Å². The Morgan fingerprint density at radius 1 is 1.50 bits per heavy atom. The molecule has 0 saturated heterocycles. The van der Waals surface area contributed by atoms with Crippen LogP contribution in [0.4, 0.5) is 0 Å². The fraction of sp³-hybridized carbons (Fsp3) is 0.727. The maximum atomic E-state index is 4.38. The third-order valence-electron chi connectivity index (χ3n) is 2.72. The molecule has 3 heteroatoms. The Balaban J connectivity index is 2.66. The number of aromatic nitrogens is 2. The summed E-state index contributed by atoms with van der Waals surface area (Å²) in [4.78, 5) is 4.38. The summed E-state index contributed by atoms with van der Waals surface area (Å²) < 4.78 is 2.20. The zero-order valence-electron chi connectivity index (χ0n) is 9.62. The molecule has 3 nitrogen and oxygen atoms in total. The topological polar surface area (TPSA) is 29.9 Å². The fourth-order valence-corrected chi connectivity index (χ4v) is 1.69. The Kier molecular flexibility index (Phi) is 4.14. The van der Waals surface area contributed by atoms with Gasteiger partial charge in [-0.2, -0.15) is 0 Å². The van der Waals surface area contributed by atoms with Gasteiger partial charge in [0, 0.05) is 31.4 Å². The van der Waals surface area contributed by atoms with Crippen molar-refractivity contribution in [2.24, 2.45) is 5.92 Å². The van der Waals surface area contributed by atoms with Gasteiger partial charge in [-0.3, -0.25) is 0 Å². The Labute approximate surface area is 86.5 Å². The molecule has 0 aliphatic rings. The highest BCUT2D eigenvalue weighted by molar-refractivity contribution is 4.95. The maximum absolute atomic E-state index is 4.38. The van der Waals surface area contributed by atoms with E-state index in [1.54, 1.807) is 0 Å². The number of hydrogen-bond donors (Lipinski definition) is 1. The molecule has 0 aromatic carbocycles. The highest BCUT2D eigenvalue weighted by atomic mass is 15.1. The van der Waals surface area contributed by atoms with Gasteiger partial charge in [-0.15, -0.1) is 0 Å². The molecule has 1 heterocycles. The Morgan fingerprint density at radius 2 is 2.21 bits per heavy atom. The largest absolute Gasteiger partial charge is 0.335 e. The van der Waals surface area contributed by atoms with Gasteiger partial charge < -0.3 is 9.88 Å². The fourth-order valence-electron chi connectivity index (χ4n) is 1.69. The molecular weight excluding hydrogens is 174 g/mol. The molecule has 0 bridgehead atoms. The van der Waals surface area contributed by atoms with Gasteiger partial charge in [-0.1, -0.05) is 13.8 Å². The summed E-state index contributed by atoms with van der Waals surface area (Å²) in [5, 5.41) is 3.34. The van der Waals surface area contributed by atoms with Gasteiger partial charge in [0.05, 0.1) is 0 Å². The smallest absolute Gasteiger partial charge is 0.110 e.